The maximum Gasteiger partial charge on any atom is 0.287 e. The van der Waals surface area contributed by atoms with Crippen molar-refractivity contribution < 1.29 is 19.1 Å². The van der Waals surface area contributed by atoms with E-state index in [-0.39, 0.29) is 17.6 Å². The highest BCUT2D eigenvalue weighted by Crippen LogP contribution is 2.35. The lowest BCUT2D eigenvalue weighted by Gasteiger charge is -2.20. The van der Waals surface area contributed by atoms with Crippen LogP contribution in [0.25, 0.3) is 11.0 Å². The fraction of sp³-hybridized carbons (Fsp3) is 0.385. The van der Waals surface area contributed by atoms with Crippen LogP contribution in [0.5, 0.6) is 5.75 Å². The predicted molar refractivity (Wildman–Crippen MR) is 132 cm³/mol. The molecule has 1 fully saturated rings. The molecule has 6 nitrogen and oxygen atoms in total. The molecule has 0 bridgehead atoms. The summed E-state index contributed by atoms with van der Waals surface area (Å²) in [5.74, 6) is 0.743. The van der Waals surface area contributed by atoms with Gasteiger partial charge in [-0.3, -0.25) is 9.59 Å². The molecule has 1 heterocycles. The molecule has 7 heteroatoms. The van der Waals surface area contributed by atoms with Crippen molar-refractivity contribution >= 4 is 34.5 Å². The third kappa shape index (κ3) is 6.11. The number of para-hydroxylation sites is 1. The van der Waals surface area contributed by atoms with Crippen molar-refractivity contribution in [2.24, 2.45) is 0 Å². The Morgan fingerprint density at radius 3 is 2.52 bits per heavy atom. The van der Waals surface area contributed by atoms with Gasteiger partial charge in [-0.15, -0.1) is 0 Å². The Labute approximate surface area is 198 Å². The Balaban J connectivity index is 1.31. The SMILES string of the molecule is O=C(NCCCNC(=O)c1oc2ccccc2c1CSC1CCCCC1)c1cccc(O)c1. The third-order valence-corrected chi connectivity index (χ3v) is 7.35. The molecule has 0 saturated heterocycles. The number of carbonyl (C=O) groups is 2. The zero-order valence-corrected chi connectivity index (χ0v) is 19.5. The van der Waals surface area contributed by atoms with Gasteiger partial charge in [-0.1, -0.05) is 43.5 Å². The summed E-state index contributed by atoms with van der Waals surface area (Å²) in [7, 11) is 0. The smallest absolute Gasteiger partial charge is 0.287 e. The molecule has 1 aliphatic carbocycles. The number of amides is 2. The van der Waals surface area contributed by atoms with Crippen molar-refractivity contribution in [3.63, 3.8) is 0 Å². The molecule has 0 spiro atoms. The average Bonchev–Trinajstić information content (AvgIpc) is 3.21. The first-order valence-corrected chi connectivity index (χ1v) is 12.6. The Bertz CT molecular complexity index is 1100. The number of thioether (sulfide) groups is 1. The van der Waals surface area contributed by atoms with Crippen LogP contribution in [-0.4, -0.2) is 35.3 Å². The maximum atomic E-state index is 12.9. The quantitative estimate of drug-likeness (QED) is 0.375. The molecule has 4 rings (SSSR count). The predicted octanol–water partition coefficient (Wildman–Crippen LogP) is 5.25. The molecular formula is C26H30N2O4S. The van der Waals surface area contributed by atoms with Crippen LogP contribution >= 0.6 is 11.8 Å². The van der Waals surface area contributed by atoms with Crippen molar-refractivity contribution in [3.8, 4) is 5.75 Å². The number of benzene rings is 2. The second kappa shape index (κ2) is 11.3. The van der Waals surface area contributed by atoms with Gasteiger partial charge in [0.05, 0.1) is 0 Å². The highest BCUT2D eigenvalue weighted by molar-refractivity contribution is 7.99. The van der Waals surface area contributed by atoms with Crippen molar-refractivity contribution in [3.05, 3.63) is 65.4 Å². The number of phenolic OH excluding ortho intramolecular Hbond substituents is 1. The van der Waals surface area contributed by atoms with Crippen molar-refractivity contribution in [2.45, 2.75) is 49.5 Å². The standard InChI is InChI=1S/C26H30N2O4S/c29-19-9-6-8-18(16-19)25(30)27-14-7-15-28-26(31)24-22(17-33-20-10-2-1-3-11-20)21-12-4-5-13-23(21)32-24/h4-6,8-9,12-13,16,20,29H,1-3,7,10-11,14-15,17H2,(H,27,30)(H,28,31). The van der Waals surface area contributed by atoms with Gasteiger partial charge in [0.2, 0.25) is 0 Å². The molecule has 1 aromatic heterocycles. The largest absolute Gasteiger partial charge is 0.508 e. The van der Waals surface area contributed by atoms with Crippen LogP contribution in [0.15, 0.2) is 52.9 Å². The van der Waals surface area contributed by atoms with Gasteiger partial charge in [-0.2, -0.15) is 11.8 Å². The third-order valence-electron chi connectivity index (χ3n) is 5.95. The molecule has 0 radical (unpaired) electrons. The van der Waals surface area contributed by atoms with Gasteiger partial charge >= 0.3 is 0 Å². The summed E-state index contributed by atoms with van der Waals surface area (Å²) in [6.45, 7) is 0.838. The van der Waals surface area contributed by atoms with Crippen molar-refractivity contribution in [1.29, 1.82) is 0 Å². The fourth-order valence-corrected chi connectivity index (χ4v) is 5.54. The summed E-state index contributed by atoms with van der Waals surface area (Å²) in [6, 6.07) is 14.0. The number of hydrogen-bond acceptors (Lipinski definition) is 5. The van der Waals surface area contributed by atoms with Crippen molar-refractivity contribution in [1.82, 2.24) is 10.6 Å². The van der Waals surface area contributed by atoms with Crippen LogP contribution in [0.2, 0.25) is 0 Å². The lowest BCUT2D eigenvalue weighted by Crippen LogP contribution is -2.30. The second-order valence-electron chi connectivity index (χ2n) is 8.39. The van der Waals surface area contributed by atoms with Gasteiger partial charge in [0.1, 0.15) is 11.3 Å². The number of furan rings is 1. The van der Waals surface area contributed by atoms with Gasteiger partial charge in [0, 0.05) is 40.6 Å². The molecule has 1 saturated carbocycles. The normalized spacial score (nSPS) is 14.3. The van der Waals surface area contributed by atoms with E-state index in [1.54, 1.807) is 12.1 Å². The molecule has 174 valence electrons. The molecular weight excluding hydrogens is 436 g/mol. The number of phenols is 1. The second-order valence-corrected chi connectivity index (χ2v) is 9.68. The van der Waals surface area contributed by atoms with E-state index in [0.717, 1.165) is 22.3 Å². The Kier molecular flexibility index (Phi) is 7.94. The van der Waals surface area contributed by atoms with E-state index in [0.29, 0.717) is 36.1 Å². The summed E-state index contributed by atoms with van der Waals surface area (Å²) in [5.41, 5.74) is 2.11. The first kappa shape index (κ1) is 23.2. The van der Waals surface area contributed by atoms with E-state index in [2.05, 4.69) is 10.6 Å². The maximum absolute atomic E-state index is 12.9. The lowest BCUT2D eigenvalue weighted by atomic mass is 10.0. The number of aromatic hydroxyl groups is 1. The topological polar surface area (TPSA) is 91.6 Å². The number of fused-ring (bicyclic) bond motifs is 1. The van der Waals surface area contributed by atoms with E-state index in [4.69, 9.17) is 4.42 Å². The highest BCUT2D eigenvalue weighted by atomic mass is 32.2. The molecule has 2 aromatic carbocycles. The van der Waals surface area contributed by atoms with E-state index < -0.39 is 0 Å². The molecule has 3 aromatic rings. The number of carbonyl (C=O) groups excluding carboxylic acids is 2. The van der Waals surface area contributed by atoms with Gasteiger partial charge in [-0.25, -0.2) is 0 Å². The minimum Gasteiger partial charge on any atom is -0.508 e. The number of rotatable bonds is 9. The number of hydrogen-bond donors (Lipinski definition) is 3. The molecule has 2 amide bonds. The molecule has 0 unspecified atom stereocenters. The fourth-order valence-electron chi connectivity index (χ4n) is 4.18. The highest BCUT2D eigenvalue weighted by Gasteiger charge is 2.22. The first-order valence-electron chi connectivity index (χ1n) is 11.6. The lowest BCUT2D eigenvalue weighted by molar-refractivity contribution is 0.0926. The summed E-state index contributed by atoms with van der Waals surface area (Å²) in [4.78, 5) is 25.0. The summed E-state index contributed by atoms with van der Waals surface area (Å²) >= 11 is 1.93. The zero-order chi connectivity index (χ0) is 23.0. The monoisotopic (exact) mass is 466 g/mol. The molecule has 3 N–H and O–H groups in total. The van der Waals surface area contributed by atoms with Gasteiger partial charge in [-0.05, 0) is 43.5 Å². The van der Waals surface area contributed by atoms with E-state index >= 15 is 0 Å². The minimum absolute atomic E-state index is 0.0539. The molecule has 33 heavy (non-hydrogen) atoms. The van der Waals surface area contributed by atoms with E-state index in [9.17, 15) is 14.7 Å². The molecule has 0 aliphatic heterocycles. The summed E-state index contributed by atoms with van der Waals surface area (Å²) in [5, 5.41) is 16.9. The van der Waals surface area contributed by atoms with Gasteiger partial charge < -0.3 is 20.2 Å². The Morgan fingerprint density at radius 1 is 0.970 bits per heavy atom. The minimum atomic E-state index is -0.253. The molecule has 1 aliphatic rings. The van der Waals surface area contributed by atoms with Gasteiger partial charge in [0.15, 0.2) is 5.76 Å². The van der Waals surface area contributed by atoms with Crippen molar-refractivity contribution in [2.75, 3.05) is 13.1 Å². The summed E-state index contributed by atoms with van der Waals surface area (Å²) < 4.78 is 5.95. The number of nitrogens with one attached hydrogen (secondary N) is 2. The molecule has 0 atom stereocenters. The van der Waals surface area contributed by atoms with E-state index in [1.165, 1.54) is 44.2 Å². The zero-order valence-electron chi connectivity index (χ0n) is 18.6. The van der Waals surface area contributed by atoms with Crippen LogP contribution in [-0.2, 0) is 5.75 Å². The van der Waals surface area contributed by atoms with Crippen LogP contribution in [0.4, 0.5) is 0 Å². The Hall–Kier alpha value is -2.93. The summed E-state index contributed by atoms with van der Waals surface area (Å²) in [6.07, 6.45) is 6.99. The van der Waals surface area contributed by atoms with Crippen LogP contribution < -0.4 is 10.6 Å². The Morgan fingerprint density at radius 2 is 1.73 bits per heavy atom. The van der Waals surface area contributed by atoms with Gasteiger partial charge in [0.25, 0.3) is 11.8 Å². The van der Waals surface area contributed by atoms with Crippen LogP contribution in [0.3, 0.4) is 0 Å². The van der Waals surface area contributed by atoms with E-state index in [1.807, 2.05) is 36.0 Å². The van der Waals surface area contributed by atoms with Crippen LogP contribution in [0, 0.1) is 0 Å². The van der Waals surface area contributed by atoms with Crippen LogP contribution in [0.1, 0.15) is 65.0 Å². The first-order chi connectivity index (χ1) is 16.1. The average molecular weight is 467 g/mol.